The van der Waals surface area contributed by atoms with Crippen molar-refractivity contribution in [2.24, 2.45) is 5.73 Å². The zero-order valence-electron chi connectivity index (χ0n) is 9.88. The van der Waals surface area contributed by atoms with E-state index in [1.54, 1.807) is 30.3 Å². The Bertz CT molecular complexity index is 692. The Balaban J connectivity index is 2.36. The van der Waals surface area contributed by atoms with Crippen LogP contribution in [0.4, 0.5) is 11.4 Å². The van der Waals surface area contributed by atoms with Gasteiger partial charge < -0.3 is 11.1 Å². The van der Waals surface area contributed by atoms with Crippen molar-refractivity contribution < 1.29 is 0 Å². The van der Waals surface area contributed by atoms with Crippen molar-refractivity contribution >= 4 is 79.3 Å². The predicted molar refractivity (Wildman–Crippen MR) is 94.8 cm³/mol. The summed E-state index contributed by atoms with van der Waals surface area (Å²) >= 11 is 26.6. The van der Waals surface area contributed by atoms with Crippen molar-refractivity contribution in [1.29, 1.82) is 0 Å². The van der Waals surface area contributed by atoms with Gasteiger partial charge in [0.15, 0.2) is 0 Å². The second kappa shape index (κ2) is 6.50. The molecule has 0 unspecified atom stereocenters. The molecule has 0 bridgehead atoms. The topological polar surface area (TPSA) is 38.0 Å². The van der Waals surface area contributed by atoms with Gasteiger partial charge in [0.25, 0.3) is 0 Å². The fourth-order valence-corrected chi connectivity index (χ4v) is 2.71. The van der Waals surface area contributed by atoms with Gasteiger partial charge in [-0.15, -0.1) is 0 Å². The summed E-state index contributed by atoms with van der Waals surface area (Å²) in [5.74, 6) is 0. The minimum Gasteiger partial charge on any atom is -0.389 e. The molecule has 0 aliphatic carbocycles. The van der Waals surface area contributed by atoms with Crippen molar-refractivity contribution in [1.82, 2.24) is 0 Å². The predicted octanol–water partition coefficient (Wildman–Crippen LogP) is 5.79. The average Bonchev–Trinajstić information content (AvgIpc) is 2.41. The van der Waals surface area contributed by atoms with E-state index in [4.69, 9.17) is 52.8 Å². The van der Waals surface area contributed by atoms with Gasteiger partial charge >= 0.3 is 0 Å². The maximum atomic E-state index is 6.18. The van der Waals surface area contributed by atoms with E-state index < -0.39 is 0 Å². The Hall–Kier alpha value is -0.520. The summed E-state index contributed by atoms with van der Waals surface area (Å²) in [6, 6.07) is 8.86. The first-order valence-electron chi connectivity index (χ1n) is 5.40. The SMILES string of the molecule is NC(=S)c1ccc(Nc2ccc(Br)c(Cl)c2Cl)c(Cl)c1. The number of anilines is 2. The van der Waals surface area contributed by atoms with Crippen LogP contribution in [0.3, 0.4) is 0 Å². The van der Waals surface area contributed by atoms with Crippen LogP contribution in [0.1, 0.15) is 5.56 Å². The molecular weight excluding hydrogens is 402 g/mol. The first-order chi connectivity index (χ1) is 9.40. The first-order valence-corrected chi connectivity index (χ1v) is 7.73. The molecule has 0 radical (unpaired) electrons. The van der Waals surface area contributed by atoms with Crippen molar-refractivity contribution in [3.05, 3.63) is 55.4 Å². The minimum atomic E-state index is 0.295. The van der Waals surface area contributed by atoms with Crippen LogP contribution in [0.5, 0.6) is 0 Å². The molecule has 2 aromatic carbocycles. The molecule has 0 aliphatic rings. The lowest BCUT2D eigenvalue weighted by molar-refractivity contribution is 1.52. The van der Waals surface area contributed by atoms with Gasteiger partial charge in [0, 0.05) is 10.0 Å². The lowest BCUT2D eigenvalue weighted by Crippen LogP contribution is -2.09. The molecule has 2 aromatic rings. The molecule has 2 rings (SSSR count). The van der Waals surface area contributed by atoms with Crippen LogP contribution >= 0.6 is 63.0 Å². The van der Waals surface area contributed by atoms with Gasteiger partial charge in [0.05, 0.1) is 26.4 Å². The largest absolute Gasteiger partial charge is 0.389 e. The van der Waals surface area contributed by atoms with Gasteiger partial charge in [-0.1, -0.05) is 47.0 Å². The van der Waals surface area contributed by atoms with Gasteiger partial charge in [-0.3, -0.25) is 0 Å². The van der Waals surface area contributed by atoms with E-state index in [1.165, 1.54) is 0 Å². The summed E-state index contributed by atoms with van der Waals surface area (Å²) in [6.45, 7) is 0. The number of halogens is 4. The summed E-state index contributed by atoms with van der Waals surface area (Å²) in [7, 11) is 0. The smallest absolute Gasteiger partial charge is 0.104 e. The third kappa shape index (κ3) is 3.38. The normalized spacial score (nSPS) is 10.4. The zero-order valence-corrected chi connectivity index (χ0v) is 14.6. The molecule has 0 saturated carbocycles. The second-order valence-corrected chi connectivity index (χ2v) is 6.36. The molecule has 0 spiro atoms. The Morgan fingerprint density at radius 2 is 1.70 bits per heavy atom. The number of rotatable bonds is 3. The molecule has 0 amide bonds. The number of hydrogen-bond acceptors (Lipinski definition) is 2. The maximum absolute atomic E-state index is 6.18. The van der Waals surface area contributed by atoms with Gasteiger partial charge in [0.1, 0.15) is 4.99 Å². The lowest BCUT2D eigenvalue weighted by Gasteiger charge is -2.12. The lowest BCUT2D eigenvalue weighted by atomic mass is 10.2. The number of hydrogen-bond donors (Lipinski definition) is 2. The molecule has 0 fully saturated rings. The van der Waals surface area contributed by atoms with Gasteiger partial charge in [-0.05, 0) is 46.3 Å². The monoisotopic (exact) mass is 408 g/mol. The molecule has 0 heterocycles. The van der Waals surface area contributed by atoms with Gasteiger partial charge in [0.2, 0.25) is 0 Å². The third-order valence-electron chi connectivity index (χ3n) is 2.56. The Kier molecular flexibility index (Phi) is 5.15. The molecule has 7 heteroatoms. The quantitative estimate of drug-likeness (QED) is 0.497. The molecule has 104 valence electrons. The van der Waals surface area contributed by atoms with Crippen molar-refractivity contribution in [2.75, 3.05) is 5.32 Å². The summed E-state index contributed by atoms with van der Waals surface area (Å²) < 4.78 is 0.727. The summed E-state index contributed by atoms with van der Waals surface area (Å²) in [5, 5.41) is 4.46. The average molecular weight is 411 g/mol. The number of nitrogens with one attached hydrogen (secondary N) is 1. The van der Waals surface area contributed by atoms with E-state index in [0.29, 0.717) is 37.0 Å². The number of benzene rings is 2. The van der Waals surface area contributed by atoms with E-state index in [2.05, 4.69) is 21.2 Å². The minimum absolute atomic E-state index is 0.295. The molecule has 0 aromatic heterocycles. The molecule has 0 saturated heterocycles. The molecule has 0 atom stereocenters. The van der Waals surface area contributed by atoms with Crippen LogP contribution < -0.4 is 11.1 Å². The molecule has 2 nitrogen and oxygen atoms in total. The zero-order chi connectivity index (χ0) is 14.9. The van der Waals surface area contributed by atoms with E-state index in [1.807, 2.05) is 0 Å². The Morgan fingerprint density at radius 3 is 2.30 bits per heavy atom. The fourth-order valence-electron chi connectivity index (χ4n) is 1.54. The number of nitrogens with two attached hydrogens (primary N) is 1. The highest BCUT2D eigenvalue weighted by molar-refractivity contribution is 9.10. The molecule has 20 heavy (non-hydrogen) atoms. The van der Waals surface area contributed by atoms with Crippen LogP contribution in [0, 0.1) is 0 Å². The number of thiocarbonyl (C=S) groups is 1. The van der Waals surface area contributed by atoms with Crippen LogP contribution in [0.2, 0.25) is 15.1 Å². The van der Waals surface area contributed by atoms with E-state index in [-0.39, 0.29) is 0 Å². The van der Waals surface area contributed by atoms with Crippen LogP contribution in [0.15, 0.2) is 34.8 Å². The summed E-state index contributed by atoms with van der Waals surface area (Å²) in [6.07, 6.45) is 0. The van der Waals surface area contributed by atoms with Crippen LogP contribution in [-0.4, -0.2) is 4.99 Å². The van der Waals surface area contributed by atoms with Gasteiger partial charge in [-0.25, -0.2) is 0 Å². The van der Waals surface area contributed by atoms with Crippen molar-refractivity contribution in [3.63, 3.8) is 0 Å². The van der Waals surface area contributed by atoms with Crippen molar-refractivity contribution in [2.45, 2.75) is 0 Å². The summed E-state index contributed by atoms with van der Waals surface area (Å²) in [4.78, 5) is 0.295. The van der Waals surface area contributed by atoms with E-state index in [9.17, 15) is 0 Å². The van der Waals surface area contributed by atoms with Crippen LogP contribution in [0.25, 0.3) is 0 Å². The maximum Gasteiger partial charge on any atom is 0.104 e. The first kappa shape index (κ1) is 15.9. The Labute approximate surface area is 145 Å². The Morgan fingerprint density at radius 1 is 1.05 bits per heavy atom. The fraction of sp³-hybridized carbons (Fsp3) is 0. The highest BCUT2D eigenvalue weighted by Crippen LogP contribution is 2.38. The van der Waals surface area contributed by atoms with E-state index >= 15 is 0 Å². The summed E-state index contributed by atoms with van der Waals surface area (Å²) in [5.41, 5.74) is 7.60. The second-order valence-electron chi connectivity index (χ2n) is 3.91. The molecular formula is C13H8BrCl3N2S. The highest BCUT2D eigenvalue weighted by Gasteiger charge is 2.10. The van der Waals surface area contributed by atoms with E-state index in [0.717, 1.165) is 4.47 Å². The molecule has 0 aliphatic heterocycles. The molecule has 3 N–H and O–H groups in total. The van der Waals surface area contributed by atoms with Gasteiger partial charge in [-0.2, -0.15) is 0 Å². The highest BCUT2D eigenvalue weighted by atomic mass is 79.9. The van der Waals surface area contributed by atoms with Crippen LogP contribution in [-0.2, 0) is 0 Å². The standard InChI is InChI=1S/C13H8BrCl3N2S/c14-7-2-4-10(12(17)11(7)16)19-9-3-1-6(13(18)20)5-8(9)15/h1-5,19H,(H2,18,20). The van der Waals surface area contributed by atoms with Crippen molar-refractivity contribution in [3.8, 4) is 0 Å². The third-order valence-corrected chi connectivity index (χ3v) is 4.88.